The number of pyridine rings is 3. The van der Waals surface area contributed by atoms with Crippen LogP contribution in [0.25, 0.3) is 11.3 Å². The van der Waals surface area contributed by atoms with E-state index in [1.165, 1.54) is 0 Å². The van der Waals surface area contributed by atoms with Gasteiger partial charge < -0.3 is 5.32 Å². The molecule has 6 heteroatoms. The molecule has 1 amide bonds. The Hall–Kier alpha value is -2.79. The number of carbonyl (C=O) groups is 1. The van der Waals surface area contributed by atoms with Gasteiger partial charge in [0.25, 0.3) is 5.91 Å². The average molecular weight is 327 g/mol. The highest BCUT2D eigenvalue weighted by Crippen LogP contribution is 2.15. The largest absolute Gasteiger partial charge is 0.307 e. The Morgan fingerprint density at radius 1 is 1.04 bits per heavy atom. The molecule has 0 aliphatic carbocycles. The highest BCUT2D eigenvalue weighted by Gasteiger charge is 2.08. The molecular weight excluding hydrogens is 312 g/mol. The van der Waals surface area contributed by atoms with Crippen molar-refractivity contribution in [2.45, 2.75) is 6.92 Å². The molecule has 0 aromatic carbocycles. The zero-order chi connectivity index (χ0) is 15.4. The van der Waals surface area contributed by atoms with Crippen molar-refractivity contribution in [3.05, 3.63) is 72.3 Å². The quantitative estimate of drug-likeness (QED) is 0.799. The second-order valence-corrected chi connectivity index (χ2v) is 4.79. The second kappa shape index (κ2) is 7.47. The molecule has 0 aliphatic heterocycles. The van der Waals surface area contributed by atoms with E-state index in [0.29, 0.717) is 11.4 Å². The molecule has 3 aromatic heterocycles. The number of amides is 1. The summed E-state index contributed by atoms with van der Waals surface area (Å²) in [6, 6.07) is 12.8. The number of halogens is 1. The summed E-state index contributed by atoms with van der Waals surface area (Å²) in [5.41, 5.74) is 3.02. The van der Waals surface area contributed by atoms with Crippen LogP contribution in [-0.4, -0.2) is 20.9 Å². The number of nitrogens with one attached hydrogen (secondary N) is 1. The molecule has 3 aromatic rings. The molecule has 116 valence electrons. The predicted molar refractivity (Wildman–Crippen MR) is 91.6 cm³/mol. The summed E-state index contributed by atoms with van der Waals surface area (Å²) in [5, 5.41) is 2.76. The number of rotatable bonds is 3. The molecule has 0 saturated carbocycles. The number of nitrogens with zero attached hydrogens (tertiary/aromatic N) is 3. The van der Waals surface area contributed by atoms with Crippen molar-refractivity contribution in [2.24, 2.45) is 0 Å². The summed E-state index contributed by atoms with van der Waals surface area (Å²) >= 11 is 0. The topological polar surface area (TPSA) is 67.8 Å². The third kappa shape index (κ3) is 4.11. The van der Waals surface area contributed by atoms with E-state index in [2.05, 4.69) is 20.3 Å². The number of aromatic nitrogens is 3. The van der Waals surface area contributed by atoms with Gasteiger partial charge in [-0.25, -0.2) is 4.98 Å². The minimum Gasteiger partial charge on any atom is -0.307 e. The first kappa shape index (κ1) is 16.6. The molecule has 3 heterocycles. The maximum absolute atomic E-state index is 12.2. The molecule has 0 aliphatic rings. The molecule has 23 heavy (non-hydrogen) atoms. The molecule has 0 radical (unpaired) electrons. The highest BCUT2D eigenvalue weighted by atomic mass is 35.5. The van der Waals surface area contributed by atoms with Crippen LogP contribution in [0, 0.1) is 6.92 Å². The van der Waals surface area contributed by atoms with Crippen molar-refractivity contribution < 1.29 is 4.79 Å². The van der Waals surface area contributed by atoms with Gasteiger partial charge in [-0.05, 0) is 43.3 Å². The molecule has 0 bridgehead atoms. The Labute approximate surface area is 140 Å². The minimum absolute atomic E-state index is 0. The SMILES string of the molecule is Cc1cccc(NC(=O)c2ccc(-c3cccnc3)nc2)n1.Cl. The third-order valence-electron chi connectivity index (χ3n) is 3.11. The lowest BCUT2D eigenvalue weighted by Gasteiger charge is -2.06. The van der Waals surface area contributed by atoms with Crippen LogP contribution in [0.1, 0.15) is 16.1 Å². The van der Waals surface area contributed by atoms with E-state index >= 15 is 0 Å². The van der Waals surface area contributed by atoms with Crippen molar-refractivity contribution in [2.75, 3.05) is 5.32 Å². The number of anilines is 1. The average Bonchev–Trinajstić information content (AvgIpc) is 2.56. The monoisotopic (exact) mass is 326 g/mol. The fourth-order valence-corrected chi connectivity index (χ4v) is 2.01. The zero-order valence-electron chi connectivity index (χ0n) is 12.4. The van der Waals surface area contributed by atoms with Crippen molar-refractivity contribution in [3.8, 4) is 11.3 Å². The van der Waals surface area contributed by atoms with E-state index in [4.69, 9.17) is 0 Å². The van der Waals surface area contributed by atoms with Crippen LogP contribution in [0.5, 0.6) is 0 Å². The number of hydrogen-bond donors (Lipinski definition) is 1. The molecule has 0 spiro atoms. The standard InChI is InChI=1S/C17H14N4O.ClH/c1-12-4-2-6-16(20-12)21-17(22)14-7-8-15(19-11-14)13-5-3-9-18-10-13;/h2-11H,1H3,(H,20,21,22);1H. The third-order valence-corrected chi connectivity index (χ3v) is 3.11. The number of carbonyl (C=O) groups excluding carboxylic acids is 1. The molecule has 3 rings (SSSR count). The van der Waals surface area contributed by atoms with Gasteiger partial charge in [0, 0.05) is 29.8 Å². The van der Waals surface area contributed by atoms with E-state index < -0.39 is 0 Å². The molecule has 0 saturated heterocycles. The predicted octanol–water partition coefficient (Wildman–Crippen LogP) is 3.52. The van der Waals surface area contributed by atoms with Crippen LogP contribution in [0.4, 0.5) is 5.82 Å². The van der Waals surface area contributed by atoms with Gasteiger partial charge in [-0.3, -0.25) is 14.8 Å². The summed E-state index contributed by atoms with van der Waals surface area (Å²) < 4.78 is 0. The van der Waals surface area contributed by atoms with Crippen molar-refractivity contribution in [1.29, 1.82) is 0 Å². The lowest BCUT2D eigenvalue weighted by molar-refractivity contribution is 0.102. The second-order valence-electron chi connectivity index (χ2n) is 4.79. The first-order valence-corrected chi connectivity index (χ1v) is 6.84. The Bertz CT molecular complexity index is 791. The maximum atomic E-state index is 12.2. The molecule has 0 unspecified atom stereocenters. The van der Waals surface area contributed by atoms with Crippen LogP contribution in [0.3, 0.4) is 0 Å². The normalized spacial score (nSPS) is 9.78. The van der Waals surface area contributed by atoms with E-state index in [0.717, 1.165) is 17.0 Å². The van der Waals surface area contributed by atoms with E-state index in [1.54, 1.807) is 36.8 Å². The van der Waals surface area contributed by atoms with Gasteiger partial charge in [0.15, 0.2) is 0 Å². The highest BCUT2D eigenvalue weighted by molar-refractivity contribution is 6.03. The Morgan fingerprint density at radius 2 is 1.91 bits per heavy atom. The Morgan fingerprint density at radius 3 is 2.57 bits per heavy atom. The van der Waals surface area contributed by atoms with Crippen LogP contribution in [-0.2, 0) is 0 Å². The fourth-order valence-electron chi connectivity index (χ4n) is 2.01. The molecule has 0 atom stereocenters. The van der Waals surface area contributed by atoms with Crippen molar-refractivity contribution in [3.63, 3.8) is 0 Å². The van der Waals surface area contributed by atoms with Crippen molar-refractivity contribution >= 4 is 24.1 Å². The first-order chi connectivity index (χ1) is 10.7. The summed E-state index contributed by atoms with van der Waals surface area (Å²) in [4.78, 5) is 24.8. The van der Waals surface area contributed by atoms with Crippen LogP contribution in [0.2, 0.25) is 0 Å². The van der Waals surface area contributed by atoms with Crippen LogP contribution >= 0.6 is 12.4 Å². The van der Waals surface area contributed by atoms with Crippen LogP contribution < -0.4 is 5.32 Å². The summed E-state index contributed by atoms with van der Waals surface area (Å²) in [7, 11) is 0. The molecule has 1 N–H and O–H groups in total. The Kier molecular flexibility index (Phi) is 5.38. The van der Waals surface area contributed by atoms with Crippen molar-refractivity contribution in [1.82, 2.24) is 15.0 Å². The lowest BCUT2D eigenvalue weighted by Crippen LogP contribution is -2.13. The smallest absolute Gasteiger partial charge is 0.258 e. The van der Waals surface area contributed by atoms with E-state index in [1.807, 2.05) is 31.2 Å². The number of hydrogen-bond acceptors (Lipinski definition) is 4. The Balaban J connectivity index is 0.00000192. The van der Waals surface area contributed by atoms with Crippen LogP contribution in [0.15, 0.2) is 61.1 Å². The van der Waals surface area contributed by atoms with E-state index in [-0.39, 0.29) is 18.3 Å². The maximum Gasteiger partial charge on any atom is 0.258 e. The summed E-state index contributed by atoms with van der Waals surface area (Å²) in [6.07, 6.45) is 4.99. The van der Waals surface area contributed by atoms with Gasteiger partial charge in [-0.15, -0.1) is 12.4 Å². The molecular formula is C17H15ClN4O. The zero-order valence-corrected chi connectivity index (χ0v) is 13.2. The van der Waals surface area contributed by atoms with Gasteiger partial charge in [-0.1, -0.05) is 6.07 Å². The summed E-state index contributed by atoms with van der Waals surface area (Å²) in [6.45, 7) is 1.87. The van der Waals surface area contributed by atoms with Gasteiger partial charge in [0.2, 0.25) is 0 Å². The molecule has 5 nitrogen and oxygen atoms in total. The van der Waals surface area contributed by atoms with Gasteiger partial charge in [0.05, 0.1) is 11.3 Å². The first-order valence-electron chi connectivity index (χ1n) is 6.84. The number of aryl methyl sites for hydroxylation is 1. The van der Waals surface area contributed by atoms with E-state index in [9.17, 15) is 4.79 Å². The van der Waals surface area contributed by atoms with Gasteiger partial charge >= 0.3 is 0 Å². The fraction of sp³-hybridized carbons (Fsp3) is 0.0588. The summed E-state index contributed by atoms with van der Waals surface area (Å²) in [5.74, 6) is 0.296. The minimum atomic E-state index is -0.233. The lowest BCUT2D eigenvalue weighted by atomic mass is 10.1. The van der Waals surface area contributed by atoms with Gasteiger partial charge in [-0.2, -0.15) is 0 Å². The molecule has 0 fully saturated rings. The van der Waals surface area contributed by atoms with Gasteiger partial charge in [0.1, 0.15) is 5.82 Å².